The summed E-state index contributed by atoms with van der Waals surface area (Å²) in [5.41, 5.74) is 0. The Kier molecular flexibility index (Phi) is 6.52. The molecule has 1 rings (SSSR count). The molecule has 0 saturated heterocycles. The molecule has 0 aliphatic heterocycles. The summed E-state index contributed by atoms with van der Waals surface area (Å²) >= 11 is 7.71. The lowest BCUT2D eigenvalue weighted by molar-refractivity contribution is 0.178. The minimum Gasteiger partial charge on any atom is -0.377 e. The van der Waals surface area contributed by atoms with Gasteiger partial charge in [0.05, 0.1) is 0 Å². The van der Waals surface area contributed by atoms with Crippen molar-refractivity contribution in [3.05, 3.63) is 17.0 Å². The number of hydrogen-bond acceptors (Lipinski definition) is 5. The first-order valence-corrected chi connectivity index (χ1v) is 6.78. The smallest absolute Gasteiger partial charge is 0.158 e. The van der Waals surface area contributed by atoms with Gasteiger partial charge in [-0.3, -0.25) is 0 Å². The fraction of sp³-hybridized carbons (Fsp3) is 0.600. The van der Waals surface area contributed by atoms with Crippen LogP contribution < -0.4 is 5.32 Å². The molecule has 0 spiro atoms. The second kappa shape index (κ2) is 7.70. The number of halogens is 1. The molecule has 0 bridgehead atoms. The first kappa shape index (κ1) is 13.5. The summed E-state index contributed by atoms with van der Waals surface area (Å²) in [7, 11) is 1.61. The third-order valence-corrected chi connectivity index (χ3v) is 2.74. The van der Waals surface area contributed by atoms with Gasteiger partial charge in [-0.1, -0.05) is 11.6 Å². The highest BCUT2D eigenvalue weighted by molar-refractivity contribution is 7.98. The molecule has 1 aromatic rings. The van der Waals surface area contributed by atoms with Crippen LogP contribution in [0.4, 0.5) is 5.82 Å². The van der Waals surface area contributed by atoms with Crippen LogP contribution in [0.5, 0.6) is 0 Å². The number of thioether (sulfide) groups is 1. The number of anilines is 1. The van der Waals surface area contributed by atoms with Crippen LogP contribution in [-0.2, 0) is 11.3 Å². The SMILES string of the molecule is COCc1nc(Cl)cc(NCCCSC)n1. The number of ether oxygens (including phenoxy) is 1. The maximum Gasteiger partial charge on any atom is 0.158 e. The standard InChI is InChI=1S/C10H16ClN3OS/c1-15-7-10-13-8(11)6-9(14-10)12-4-3-5-16-2/h6H,3-5,7H2,1-2H3,(H,12,13,14). The molecule has 0 aromatic carbocycles. The summed E-state index contributed by atoms with van der Waals surface area (Å²) in [6.45, 7) is 1.26. The number of methoxy groups -OCH3 is 1. The van der Waals surface area contributed by atoms with Crippen molar-refractivity contribution in [2.75, 3.05) is 31.0 Å². The fourth-order valence-corrected chi connectivity index (χ4v) is 1.82. The number of nitrogens with one attached hydrogen (secondary N) is 1. The van der Waals surface area contributed by atoms with E-state index in [0.717, 1.165) is 24.5 Å². The average molecular weight is 262 g/mol. The van der Waals surface area contributed by atoms with E-state index in [0.29, 0.717) is 17.6 Å². The first-order valence-electron chi connectivity index (χ1n) is 5.01. The molecule has 4 nitrogen and oxygen atoms in total. The lowest BCUT2D eigenvalue weighted by atomic mass is 10.4. The zero-order chi connectivity index (χ0) is 11.8. The van der Waals surface area contributed by atoms with Crippen molar-refractivity contribution in [1.82, 2.24) is 9.97 Å². The Hall–Kier alpha value is -0.520. The molecule has 0 unspecified atom stereocenters. The normalized spacial score (nSPS) is 10.4. The van der Waals surface area contributed by atoms with Crippen molar-refractivity contribution in [3.8, 4) is 0 Å². The largest absolute Gasteiger partial charge is 0.377 e. The van der Waals surface area contributed by atoms with Crippen LogP contribution in [0.1, 0.15) is 12.2 Å². The van der Waals surface area contributed by atoms with E-state index in [1.165, 1.54) is 0 Å². The van der Waals surface area contributed by atoms with Crippen LogP contribution >= 0.6 is 23.4 Å². The highest BCUT2D eigenvalue weighted by atomic mass is 35.5. The second-order valence-corrected chi connectivity index (χ2v) is 4.57. The minimum absolute atomic E-state index is 0.375. The third-order valence-electron chi connectivity index (χ3n) is 1.85. The van der Waals surface area contributed by atoms with Crippen molar-refractivity contribution in [2.45, 2.75) is 13.0 Å². The maximum atomic E-state index is 5.88. The predicted octanol–water partition coefficient (Wildman–Crippen LogP) is 2.44. The first-order chi connectivity index (χ1) is 7.76. The van der Waals surface area contributed by atoms with E-state index in [9.17, 15) is 0 Å². The number of rotatable bonds is 7. The quantitative estimate of drug-likeness (QED) is 0.603. The van der Waals surface area contributed by atoms with Gasteiger partial charge < -0.3 is 10.1 Å². The van der Waals surface area contributed by atoms with Crippen molar-refractivity contribution >= 4 is 29.2 Å². The fourth-order valence-electron chi connectivity index (χ4n) is 1.18. The molecule has 0 fully saturated rings. The minimum atomic E-state index is 0.375. The van der Waals surface area contributed by atoms with Gasteiger partial charge in [0, 0.05) is 19.7 Å². The highest BCUT2D eigenvalue weighted by Crippen LogP contribution is 2.12. The maximum absolute atomic E-state index is 5.88. The molecule has 1 heterocycles. The summed E-state index contributed by atoms with van der Waals surface area (Å²) in [4.78, 5) is 8.34. The number of aromatic nitrogens is 2. The summed E-state index contributed by atoms with van der Waals surface area (Å²) in [6, 6.07) is 1.72. The van der Waals surface area contributed by atoms with Gasteiger partial charge in [0.25, 0.3) is 0 Å². The molecule has 0 atom stereocenters. The van der Waals surface area contributed by atoms with Crippen LogP contribution in [0.25, 0.3) is 0 Å². The van der Waals surface area contributed by atoms with Gasteiger partial charge >= 0.3 is 0 Å². The number of nitrogens with zero attached hydrogens (tertiary/aromatic N) is 2. The van der Waals surface area contributed by atoms with Gasteiger partial charge in [0.15, 0.2) is 5.82 Å². The Balaban J connectivity index is 2.51. The summed E-state index contributed by atoms with van der Waals surface area (Å²) < 4.78 is 4.97. The monoisotopic (exact) mass is 261 g/mol. The van der Waals surface area contributed by atoms with E-state index in [1.54, 1.807) is 13.2 Å². The predicted molar refractivity (Wildman–Crippen MR) is 69.2 cm³/mol. The van der Waals surface area contributed by atoms with Crippen molar-refractivity contribution in [2.24, 2.45) is 0 Å². The molecule has 0 aliphatic carbocycles. The molecule has 1 N–H and O–H groups in total. The van der Waals surface area contributed by atoms with Crippen molar-refractivity contribution < 1.29 is 4.74 Å². The molecule has 0 aliphatic rings. The highest BCUT2D eigenvalue weighted by Gasteiger charge is 2.02. The van der Waals surface area contributed by atoms with Crippen LogP contribution in [0.3, 0.4) is 0 Å². The molecule has 1 aromatic heterocycles. The molecule has 0 radical (unpaired) electrons. The Bertz CT molecular complexity index is 325. The Morgan fingerprint density at radius 1 is 1.50 bits per heavy atom. The molecular weight excluding hydrogens is 246 g/mol. The van der Waals surface area contributed by atoms with E-state index in [2.05, 4.69) is 21.5 Å². The Morgan fingerprint density at radius 3 is 3.00 bits per heavy atom. The van der Waals surface area contributed by atoms with Gasteiger partial charge in [-0.15, -0.1) is 0 Å². The Labute approximate surface area is 105 Å². The van der Waals surface area contributed by atoms with E-state index < -0.39 is 0 Å². The van der Waals surface area contributed by atoms with Gasteiger partial charge in [0.2, 0.25) is 0 Å². The lowest BCUT2D eigenvalue weighted by Gasteiger charge is -2.07. The number of hydrogen-bond donors (Lipinski definition) is 1. The molecule has 0 saturated carbocycles. The van der Waals surface area contributed by atoms with Crippen LogP contribution in [0.2, 0.25) is 5.15 Å². The zero-order valence-electron chi connectivity index (χ0n) is 9.49. The van der Waals surface area contributed by atoms with E-state index in [4.69, 9.17) is 16.3 Å². The molecule has 0 amide bonds. The van der Waals surface area contributed by atoms with E-state index in [1.807, 2.05) is 11.8 Å². The van der Waals surface area contributed by atoms with Crippen molar-refractivity contribution in [3.63, 3.8) is 0 Å². The summed E-state index contributed by atoms with van der Waals surface area (Å²) in [5, 5.41) is 3.65. The van der Waals surface area contributed by atoms with Crippen LogP contribution in [0, 0.1) is 0 Å². The molecule has 6 heteroatoms. The summed E-state index contributed by atoms with van der Waals surface area (Å²) in [6.07, 6.45) is 3.20. The lowest BCUT2D eigenvalue weighted by Crippen LogP contribution is -2.07. The van der Waals surface area contributed by atoms with Crippen molar-refractivity contribution in [1.29, 1.82) is 0 Å². The van der Waals surface area contributed by atoms with Crippen LogP contribution in [0.15, 0.2) is 6.07 Å². The third kappa shape index (κ3) is 5.01. The summed E-state index contributed by atoms with van der Waals surface area (Å²) in [5.74, 6) is 2.49. The van der Waals surface area contributed by atoms with E-state index in [-0.39, 0.29) is 0 Å². The second-order valence-electron chi connectivity index (χ2n) is 3.20. The Morgan fingerprint density at radius 2 is 2.31 bits per heavy atom. The van der Waals surface area contributed by atoms with Gasteiger partial charge in [-0.2, -0.15) is 11.8 Å². The zero-order valence-corrected chi connectivity index (χ0v) is 11.1. The average Bonchev–Trinajstić information content (AvgIpc) is 2.24. The molecule has 16 heavy (non-hydrogen) atoms. The topological polar surface area (TPSA) is 47.0 Å². The molecular formula is C10H16ClN3OS. The van der Waals surface area contributed by atoms with Gasteiger partial charge in [-0.25, -0.2) is 9.97 Å². The van der Waals surface area contributed by atoms with Gasteiger partial charge in [-0.05, 0) is 18.4 Å². The molecule has 90 valence electrons. The van der Waals surface area contributed by atoms with Crippen LogP contribution in [-0.4, -0.2) is 35.6 Å². The van der Waals surface area contributed by atoms with Gasteiger partial charge in [0.1, 0.15) is 17.6 Å². The van der Waals surface area contributed by atoms with E-state index >= 15 is 0 Å².